The van der Waals surface area contributed by atoms with E-state index in [9.17, 15) is 4.79 Å². The van der Waals surface area contributed by atoms with Crippen LogP contribution in [0.5, 0.6) is 5.75 Å². The number of nitrogens with two attached hydrogens (primary N) is 1. The van der Waals surface area contributed by atoms with Crippen molar-refractivity contribution in [2.24, 2.45) is 11.7 Å². The van der Waals surface area contributed by atoms with Crippen LogP contribution in [0.15, 0.2) is 24.3 Å². The van der Waals surface area contributed by atoms with Gasteiger partial charge >= 0.3 is 0 Å². The fraction of sp³-hybridized carbons (Fsp3) is 0.588. The smallest absolute Gasteiger partial charge is 0.227 e. The maximum atomic E-state index is 12.4. The number of hydrogen-bond acceptors (Lipinski definition) is 3. The van der Waals surface area contributed by atoms with E-state index in [1.54, 1.807) is 4.90 Å². The highest BCUT2D eigenvalue weighted by molar-refractivity contribution is 5.79. The summed E-state index contributed by atoms with van der Waals surface area (Å²) in [4.78, 5) is 14.1. The Bertz CT molecular complexity index is 458. The Kier molecular flexibility index (Phi) is 5.62. The number of carbonyl (C=O) groups is 1. The van der Waals surface area contributed by atoms with Crippen molar-refractivity contribution in [3.05, 3.63) is 29.8 Å². The van der Waals surface area contributed by atoms with Gasteiger partial charge in [0, 0.05) is 13.1 Å². The first-order valence-corrected chi connectivity index (χ1v) is 7.78. The highest BCUT2D eigenvalue weighted by Crippen LogP contribution is 2.24. The van der Waals surface area contributed by atoms with E-state index in [2.05, 4.69) is 0 Å². The summed E-state index contributed by atoms with van der Waals surface area (Å²) in [7, 11) is 1.84. The van der Waals surface area contributed by atoms with Gasteiger partial charge in [0.05, 0.1) is 12.5 Å². The lowest BCUT2D eigenvalue weighted by atomic mass is 9.84. The van der Waals surface area contributed by atoms with Crippen molar-refractivity contribution < 1.29 is 9.53 Å². The molecule has 0 spiro atoms. The lowest BCUT2D eigenvalue weighted by molar-refractivity contribution is -0.136. The molecule has 1 aliphatic rings. The summed E-state index contributed by atoms with van der Waals surface area (Å²) in [6, 6.07) is 7.96. The third-order valence-corrected chi connectivity index (χ3v) is 4.23. The first-order valence-electron chi connectivity index (χ1n) is 7.78. The fourth-order valence-electron chi connectivity index (χ4n) is 2.79. The SMILES string of the molecule is Cc1ccc(OCCN(C)C(=O)C2CCCCC2N)cc1. The topological polar surface area (TPSA) is 55.6 Å². The van der Waals surface area contributed by atoms with Crippen LogP contribution in [-0.2, 0) is 4.79 Å². The Balaban J connectivity index is 1.77. The number of nitrogens with zero attached hydrogens (tertiary/aromatic N) is 1. The fourth-order valence-corrected chi connectivity index (χ4v) is 2.79. The number of aryl methyl sites for hydroxylation is 1. The highest BCUT2D eigenvalue weighted by atomic mass is 16.5. The third-order valence-electron chi connectivity index (χ3n) is 4.23. The zero-order chi connectivity index (χ0) is 15.2. The van der Waals surface area contributed by atoms with Gasteiger partial charge in [-0.15, -0.1) is 0 Å². The molecule has 2 N–H and O–H groups in total. The number of amides is 1. The molecule has 1 aromatic carbocycles. The summed E-state index contributed by atoms with van der Waals surface area (Å²) in [6.45, 7) is 3.15. The number of carbonyl (C=O) groups excluding carboxylic acids is 1. The van der Waals surface area contributed by atoms with Crippen LogP contribution in [0.4, 0.5) is 0 Å². The van der Waals surface area contributed by atoms with Crippen LogP contribution in [0, 0.1) is 12.8 Å². The Morgan fingerprint density at radius 3 is 2.62 bits per heavy atom. The van der Waals surface area contributed by atoms with E-state index in [0.29, 0.717) is 13.2 Å². The quantitative estimate of drug-likeness (QED) is 0.905. The van der Waals surface area contributed by atoms with Gasteiger partial charge in [0.2, 0.25) is 5.91 Å². The maximum Gasteiger partial charge on any atom is 0.227 e. The summed E-state index contributed by atoms with van der Waals surface area (Å²) in [5.74, 6) is 0.994. The molecule has 0 saturated heterocycles. The van der Waals surface area contributed by atoms with Crippen molar-refractivity contribution in [1.82, 2.24) is 4.90 Å². The molecule has 2 unspecified atom stereocenters. The van der Waals surface area contributed by atoms with E-state index in [-0.39, 0.29) is 17.9 Å². The van der Waals surface area contributed by atoms with E-state index in [4.69, 9.17) is 10.5 Å². The molecular weight excluding hydrogens is 264 g/mol. The second-order valence-electron chi connectivity index (χ2n) is 5.98. The second kappa shape index (κ2) is 7.46. The number of hydrogen-bond donors (Lipinski definition) is 1. The van der Waals surface area contributed by atoms with Gasteiger partial charge in [0.1, 0.15) is 12.4 Å². The van der Waals surface area contributed by atoms with Gasteiger partial charge < -0.3 is 15.4 Å². The van der Waals surface area contributed by atoms with Gasteiger partial charge in [0.25, 0.3) is 0 Å². The summed E-state index contributed by atoms with van der Waals surface area (Å²) in [5, 5.41) is 0. The van der Waals surface area contributed by atoms with Crippen LogP contribution < -0.4 is 10.5 Å². The van der Waals surface area contributed by atoms with Gasteiger partial charge in [-0.1, -0.05) is 30.5 Å². The van der Waals surface area contributed by atoms with Crippen molar-refractivity contribution in [3.63, 3.8) is 0 Å². The molecule has 1 aromatic rings. The van der Waals surface area contributed by atoms with E-state index >= 15 is 0 Å². The Hall–Kier alpha value is -1.55. The van der Waals surface area contributed by atoms with E-state index in [1.807, 2.05) is 38.2 Å². The molecule has 0 radical (unpaired) electrons. The normalized spacial score (nSPS) is 21.9. The van der Waals surface area contributed by atoms with Crippen molar-refractivity contribution >= 4 is 5.91 Å². The molecule has 4 nitrogen and oxygen atoms in total. The van der Waals surface area contributed by atoms with E-state index in [0.717, 1.165) is 31.4 Å². The second-order valence-corrected chi connectivity index (χ2v) is 5.98. The average molecular weight is 290 g/mol. The number of rotatable bonds is 5. The average Bonchev–Trinajstić information content (AvgIpc) is 2.49. The predicted molar refractivity (Wildman–Crippen MR) is 84.2 cm³/mol. The van der Waals surface area contributed by atoms with Crippen LogP contribution in [0.1, 0.15) is 31.2 Å². The predicted octanol–water partition coefficient (Wildman–Crippen LogP) is 2.35. The molecule has 2 rings (SSSR count). The van der Waals surface area contributed by atoms with Crippen LogP contribution in [0.25, 0.3) is 0 Å². The lowest BCUT2D eigenvalue weighted by Crippen LogP contribution is -2.45. The molecular formula is C17H26N2O2. The first kappa shape index (κ1) is 15.8. The van der Waals surface area contributed by atoms with Gasteiger partial charge in [-0.25, -0.2) is 0 Å². The van der Waals surface area contributed by atoms with E-state index < -0.39 is 0 Å². The van der Waals surface area contributed by atoms with Crippen molar-refractivity contribution in [2.45, 2.75) is 38.6 Å². The van der Waals surface area contributed by atoms with Gasteiger partial charge in [0.15, 0.2) is 0 Å². The summed E-state index contributed by atoms with van der Waals surface area (Å²) in [5.41, 5.74) is 7.28. The molecule has 21 heavy (non-hydrogen) atoms. The van der Waals surface area contributed by atoms with Gasteiger partial charge in [-0.05, 0) is 31.9 Å². The first-order chi connectivity index (χ1) is 10.1. The number of likely N-dealkylation sites (N-methyl/N-ethyl adjacent to an activating group) is 1. The van der Waals surface area contributed by atoms with Crippen molar-refractivity contribution in [3.8, 4) is 5.75 Å². The summed E-state index contributed by atoms with van der Waals surface area (Å²) >= 11 is 0. The molecule has 0 aliphatic heterocycles. The van der Waals surface area contributed by atoms with Gasteiger partial charge in [-0.2, -0.15) is 0 Å². The zero-order valence-corrected chi connectivity index (χ0v) is 13.0. The summed E-state index contributed by atoms with van der Waals surface area (Å²) in [6.07, 6.45) is 4.14. The molecule has 4 heteroatoms. The van der Waals surface area contributed by atoms with Crippen molar-refractivity contribution in [1.29, 1.82) is 0 Å². The lowest BCUT2D eigenvalue weighted by Gasteiger charge is -2.31. The molecule has 1 saturated carbocycles. The van der Waals surface area contributed by atoms with E-state index in [1.165, 1.54) is 5.56 Å². The molecule has 116 valence electrons. The van der Waals surface area contributed by atoms with Crippen LogP contribution in [-0.4, -0.2) is 37.0 Å². The minimum atomic E-state index is -0.0110. The Morgan fingerprint density at radius 2 is 1.95 bits per heavy atom. The minimum Gasteiger partial charge on any atom is -0.492 e. The van der Waals surface area contributed by atoms with Crippen LogP contribution in [0.3, 0.4) is 0 Å². The molecule has 2 atom stereocenters. The Labute approximate surface area is 127 Å². The van der Waals surface area contributed by atoms with Gasteiger partial charge in [-0.3, -0.25) is 4.79 Å². The molecule has 1 amide bonds. The largest absolute Gasteiger partial charge is 0.492 e. The molecule has 0 aromatic heterocycles. The highest BCUT2D eigenvalue weighted by Gasteiger charge is 2.30. The summed E-state index contributed by atoms with van der Waals surface area (Å²) < 4.78 is 5.67. The Morgan fingerprint density at radius 1 is 1.29 bits per heavy atom. The molecule has 1 fully saturated rings. The van der Waals surface area contributed by atoms with Crippen LogP contribution >= 0.6 is 0 Å². The number of ether oxygens (including phenoxy) is 1. The molecule has 0 bridgehead atoms. The molecule has 1 aliphatic carbocycles. The minimum absolute atomic E-state index is 0.0110. The maximum absolute atomic E-state index is 12.4. The molecule has 0 heterocycles. The monoisotopic (exact) mass is 290 g/mol. The third kappa shape index (κ3) is 4.46. The van der Waals surface area contributed by atoms with Crippen molar-refractivity contribution in [2.75, 3.05) is 20.2 Å². The number of benzene rings is 1. The zero-order valence-electron chi connectivity index (χ0n) is 13.0. The standard InChI is InChI=1S/C17H26N2O2/c1-13-7-9-14(10-8-13)21-12-11-19(2)17(20)15-5-3-4-6-16(15)18/h7-10,15-16H,3-6,11-12,18H2,1-2H3. The van der Waals surface area contributed by atoms with Crippen LogP contribution in [0.2, 0.25) is 0 Å².